The summed E-state index contributed by atoms with van der Waals surface area (Å²) in [6.45, 7) is 0. The summed E-state index contributed by atoms with van der Waals surface area (Å²) in [5, 5.41) is 20.8. The van der Waals surface area contributed by atoms with E-state index in [1.54, 1.807) is 0 Å². The predicted octanol–water partition coefficient (Wildman–Crippen LogP) is 0.197. The van der Waals surface area contributed by atoms with Gasteiger partial charge in [0.15, 0.2) is 10.8 Å². The number of nitrogens with zero attached hydrogens (tertiary/aromatic N) is 2. The molecule has 0 unspecified atom stereocenters. The van der Waals surface area contributed by atoms with Crippen molar-refractivity contribution in [3.63, 3.8) is 0 Å². The first-order chi connectivity index (χ1) is 4.20. The van der Waals surface area contributed by atoms with Crippen LogP contribution in [0.15, 0.2) is 18.6 Å². The zero-order valence-corrected chi connectivity index (χ0v) is 5.17. The molecule has 0 bridgehead atoms. The molecule has 0 radical (unpaired) electrons. The normalized spacial score (nSPS) is 9.33. The van der Waals surface area contributed by atoms with E-state index in [2.05, 4.69) is 12.2 Å². The van der Waals surface area contributed by atoms with Crippen LogP contribution in [0, 0.1) is 15.1 Å². The highest BCUT2D eigenvalue weighted by molar-refractivity contribution is 7.71. The van der Waals surface area contributed by atoms with Crippen molar-refractivity contribution in [2.75, 3.05) is 0 Å². The average Bonchev–Trinajstić information content (AvgIpc) is 1.80. The number of hydrogen-bond acceptors (Lipinski definition) is 3. The van der Waals surface area contributed by atoms with Gasteiger partial charge in [0.1, 0.15) is 0 Å². The quantitative estimate of drug-likeness (QED) is 0.296. The Labute approximate surface area is 56.1 Å². The SMILES string of the molecule is [O-]n1cc[n+]([O-])cc1=S. The van der Waals surface area contributed by atoms with Crippen LogP contribution in [-0.4, -0.2) is 4.73 Å². The van der Waals surface area contributed by atoms with Crippen molar-refractivity contribution in [3.05, 3.63) is 33.6 Å². The summed E-state index contributed by atoms with van der Waals surface area (Å²) in [5.41, 5.74) is 0. The Morgan fingerprint density at radius 1 is 1.67 bits per heavy atom. The molecular formula is C4H3N2O2S-. The zero-order valence-electron chi connectivity index (χ0n) is 4.35. The van der Waals surface area contributed by atoms with Crippen molar-refractivity contribution in [2.45, 2.75) is 0 Å². The maximum atomic E-state index is 10.4. The Balaban J connectivity index is 3.34. The van der Waals surface area contributed by atoms with Crippen LogP contribution in [0.4, 0.5) is 0 Å². The molecule has 5 heteroatoms. The van der Waals surface area contributed by atoms with Crippen molar-refractivity contribution in [1.29, 1.82) is 0 Å². The van der Waals surface area contributed by atoms with Crippen LogP contribution < -0.4 is 4.73 Å². The molecule has 1 aromatic rings. The molecule has 4 nitrogen and oxygen atoms in total. The number of aromatic nitrogens is 2. The summed E-state index contributed by atoms with van der Waals surface area (Å²) < 4.78 is 0.910. The van der Waals surface area contributed by atoms with Crippen molar-refractivity contribution in [2.24, 2.45) is 0 Å². The standard InChI is InChI=1S/C4H3N2O2S/c7-5-1-2-6(8)4(9)3-5/h1-3H/q-1. The van der Waals surface area contributed by atoms with E-state index >= 15 is 0 Å². The highest BCUT2D eigenvalue weighted by atomic mass is 32.1. The Morgan fingerprint density at radius 3 is 2.78 bits per heavy atom. The summed E-state index contributed by atoms with van der Waals surface area (Å²) in [6.07, 6.45) is 3.18. The summed E-state index contributed by atoms with van der Waals surface area (Å²) in [6, 6.07) is 0. The Kier molecular flexibility index (Phi) is 1.35. The average molecular weight is 143 g/mol. The minimum atomic E-state index is -0.0208. The highest BCUT2D eigenvalue weighted by Crippen LogP contribution is 1.82. The van der Waals surface area contributed by atoms with E-state index < -0.39 is 0 Å². The molecule has 1 aromatic heterocycles. The van der Waals surface area contributed by atoms with Crippen molar-refractivity contribution in [3.8, 4) is 0 Å². The van der Waals surface area contributed by atoms with E-state index in [0.717, 1.165) is 18.6 Å². The van der Waals surface area contributed by atoms with Crippen LogP contribution in [-0.2, 0) is 0 Å². The van der Waals surface area contributed by atoms with Crippen LogP contribution in [0.1, 0.15) is 0 Å². The fourth-order valence-electron chi connectivity index (χ4n) is 0.409. The third kappa shape index (κ3) is 1.17. The lowest BCUT2D eigenvalue weighted by atomic mass is 10.8. The summed E-state index contributed by atoms with van der Waals surface area (Å²) in [5.74, 6) is 0. The molecule has 0 fully saturated rings. The van der Waals surface area contributed by atoms with Gasteiger partial charge in [-0.2, -0.15) is 4.73 Å². The lowest BCUT2D eigenvalue weighted by Crippen LogP contribution is -2.25. The van der Waals surface area contributed by atoms with E-state index in [4.69, 9.17) is 0 Å². The first kappa shape index (κ1) is 6.03. The van der Waals surface area contributed by atoms with Crippen LogP contribution in [0.25, 0.3) is 0 Å². The topological polar surface area (TPSA) is 54.9 Å². The molecule has 1 rings (SSSR count). The molecule has 0 saturated carbocycles. The van der Waals surface area contributed by atoms with E-state index in [-0.39, 0.29) is 4.64 Å². The summed E-state index contributed by atoms with van der Waals surface area (Å²) in [4.78, 5) is 0. The molecule has 0 spiro atoms. The van der Waals surface area contributed by atoms with Gasteiger partial charge in [0.05, 0.1) is 6.20 Å². The van der Waals surface area contributed by atoms with Crippen LogP contribution in [0.2, 0.25) is 0 Å². The van der Waals surface area contributed by atoms with Crippen LogP contribution in [0.3, 0.4) is 0 Å². The predicted molar refractivity (Wildman–Crippen MR) is 33.0 cm³/mol. The molecule has 0 saturated heterocycles. The van der Waals surface area contributed by atoms with E-state index in [0.29, 0.717) is 9.46 Å². The molecule has 0 aliphatic carbocycles. The molecule has 0 aromatic carbocycles. The van der Waals surface area contributed by atoms with Gasteiger partial charge in [0.2, 0.25) is 6.20 Å². The van der Waals surface area contributed by atoms with Gasteiger partial charge in [0.25, 0.3) is 0 Å². The van der Waals surface area contributed by atoms with E-state index in [1.165, 1.54) is 0 Å². The van der Waals surface area contributed by atoms with Crippen LogP contribution in [0.5, 0.6) is 0 Å². The summed E-state index contributed by atoms with van der Waals surface area (Å²) in [7, 11) is 0. The number of rotatable bonds is 0. The van der Waals surface area contributed by atoms with E-state index in [1.807, 2.05) is 0 Å². The maximum Gasteiger partial charge on any atom is 0.215 e. The number of hydrogen-bond donors (Lipinski definition) is 0. The van der Waals surface area contributed by atoms with Gasteiger partial charge in [-0.1, -0.05) is 12.2 Å². The second-order valence-corrected chi connectivity index (χ2v) is 1.87. The lowest BCUT2D eigenvalue weighted by Gasteiger charge is -2.06. The van der Waals surface area contributed by atoms with Crippen molar-refractivity contribution in [1.82, 2.24) is 4.73 Å². The van der Waals surface area contributed by atoms with Gasteiger partial charge >= 0.3 is 0 Å². The molecule has 0 N–H and O–H groups in total. The first-order valence-corrected chi connectivity index (χ1v) is 2.60. The van der Waals surface area contributed by atoms with Crippen LogP contribution >= 0.6 is 12.2 Å². The molecule has 1 heterocycles. The monoisotopic (exact) mass is 143 g/mol. The third-order valence-electron chi connectivity index (χ3n) is 0.804. The van der Waals surface area contributed by atoms with Gasteiger partial charge in [-0.25, -0.2) is 0 Å². The highest BCUT2D eigenvalue weighted by Gasteiger charge is 1.84. The van der Waals surface area contributed by atoms with Gasteiger partial charge in [-0.15, -0.1) is 0 Å². The fourth-order valence-corrected chi connectivity index (χ4v) is 0.573. The van der Waals surface area contributed by atoms with Gasteiger partial charge in [0, 0.05) is 0 Å². The summed E-state index contributed by atoms with van der Waals surface area (Å²) >= 11 is 4.47. The van der Waals surface area contributed by atoms with Gasteiger partial charge in [-0.05, 0) is 0 Å². The molecular weight excluding hydrogens is 140 g/mol. The Bertz CT molecular complexity index is 270. The Hall–Kier alpha value is -1.10. The molecule has 48 valence electrons. The van der Waals surface area contributed by atoms with Gasteiger partial charge < -0.3 is 15.1 Å². The zero-order chi connectivity index (χ0) is 6.85. The van der Waals surface area contributed by atoms with Gasteiger partial charge in [-0.3, -0.25) is 0 Å². The first-order valence-electron chi connectivity index (χ1n) is 2.19. The molecule has 0 atom stereocenters. The largest absolute Gasteiger partial charge is 0.805 e. The smallest absolute Gasteiger partial charge is 0.215 e. The molecule has 9 heavy (non-hydrogen) atoms. The second kappa shape index (κ2) is 2.02. The molecule has 0 amide bonds. The van der Waals surface area contributed by atoms with E-state index in [9.17, 15) is 10.4 Å². The van der Waals surface area contributed by atoms with Crippen molar-refractivity contribution < 1.29 is 4.73 Å². The minimum absolute atomic E-state index is 0.0208. The Morgan fingerprint density at radius 2 is 2.33 bits per heavy atom. The minimum Gasteiger partial charge on any atom is -0.805 e. The molecule has 0 aliphatic rings. The lowest BCUT2D eigenvalue weighted by molar-refractivity contribution is -0.606. The third-order valence-corrected chi connectivity index (χ3v) is 1.09. The van der Waals surface area contributed by atoms with Crippen molar-refractivity contribution >= 4 is 12.2 Å². The maximum absolute atomic E-state index is 10.4. The second-order valence-electron chi connectivity index (χ2n) is 1.45. The fraction of sp³-hybridized carbons (Fsp3) is 0. The molecule has 0 aliphatic heterocycles.